The van der Waals surface area contributed by atoms with Crippen LogP contribution >= 0.6 is 11.8 Å². The maximum atomic E-state index is 13.1. The lowest BCUT2D eigenvalue weighted by atomic mass is 9.86. The molecule has 0 saturated heterocycles. The molecule has 12 aromatic rings. The summed E-state index contributed by atoms with van der Waals surface area (Å²) < 4.78 is 47.8. The normalized spacial score (nSPS) is 12.2. The molecule has 30 heteroatoms. The van der Waals surface area contributed by atoms with Crippen molar-refractivity contribution in [2.75, 3.05) is 38.6 Å². The first-order valence-electron chi connectivity index (χ1n) is 46.5. The van der Waals surface area contributed by atoms with Crippen LogP contribution in [-0.2, 0) is 64.3 Å². The second-order valence-corrected chi connectivity index (χ2v) is 40.0. The van der Waals surface area contributed by atoms with Gasteiger partial charge in [-0.2, -0.15) is 13.2 Å². The average Bonchev–Trinajstić information content (AvgIpc) is 0.823. The number of benzene rings is 9. The number of carbonyl (C=O) groups is 9. The summed E-state index contributed by atoms with van der Waals surface area (Å²) in [6.45, 7) is 28.8. The minimum absolute atomic E-state index is 0.0332. The second-order valence-electron chi connectivity index (χ2n) is 38.8. The summed E-state index contributed by atoms with van der Waals surface area (Å²) in [5, 5.41) is 43.2. The Morgan fingerprint density at radius 1 is 0.333 bits per heavy atom. The number of aromatic nitrogens is 6. The first-order valence-corrected chi connectivity index (χ1v) is 47.5. The Hall–Kier alpha value is -14.8. The molecule has 0 aliphatic rings. The third-order valence-electron chi connectivity index (χ3n) is 22.3. The van der Waals surface area contributed by atoms with Gasteiger partial charge in [-0.1, -0.05) is 243 Å². The largest absolute Gasteiger partial charge is 0.493 e. The van der Waals surface area contributed by atoms with Crippen LogP contribution in [0.5, 0.6) is 11.5 Å². The molecule has 9 aromatic carbocycles. The molecule has 3 aromatic heterocycles. The lowest BCUT2D eigenvalue weighted by Gasteiger charge is -2.20. The van der Waals surface area contributed by atoms with Crippen molar-refractivity contribution in [3.63, 3.8) is 0 Å². The van der Waals surface area contributed by atoms with Crippen LogP contribution in [0.2, 0.25) is 0 Å². The number of aliphatic carboxylic acids is 3. The Morgan fingerprint density at radius 2 is 0.589 bits per heavy atom. The van der Waals surface area contributed by atoms with E-state index in [0.29, 0.717) is 63.4 Å². The number of ether oxygens (including phenoxy) is 2. The fourth-order valence-electron chi connectivity index (χ4n) is 14.0. The van der Waals surface area contributed by atoms with Gasteiger partial charge in [-0.05, 0) is 163 Å². The summed E-state index contributed by atoms with van der Waals surface area (Å²) >= 11 is 1.87. The van der Waals surface area contributed by atoms with E-state index in [1.807, 2.05) is 133 Å². The highest BCUT2D eigenvalue weighted by Gasteiger charge is 2.31. The highest BCUT2D eigenvalue weighted by atomic mass is 32.2. The van der Waals surface area contributed by atoms with Crippen molar-refractivity contribution in [1.29, 1.82) is 0 Å². The van der Waals surface area contributed by atoms with Crippen LogP contribution in [0.1, 0.15) is 187 Å². The number of carboxylic acid groups (broad SMARTS) is 3. The van der Waals surface area contributed by atoms with E-state index in [1.165, 1.54) is 23.4 Å². The first kappa shape index (κ1) is 108. The molecule has 3 atom stereocenters. The van der Waals surface area contributed by atoms with Crippen LogP contribution < -0.4 is 41.4 Å². The van der Waals surface area contributed by atoms with E-state index in [4.69, 9.17) is 24.8 Å². The van der Waals surface area contributed by atoms with E-state index < -0.39 is 72.4 Å². The average molecular weight is 1940 g/mol. The number of alkyl halides is 3. The predicted octanol–water partition coefficient (Wildman–Crippen LogP) is 19.6. The number of hydrogen-bond acceptors (Lipinski definition) is 18. The van der Waals surface area contributed by atoms with Gasteiger partial charge in [0.2, 0.25) is 17.7 Å². The summed E-state index contributed by atoms with van der Waals surface area (Å²) in [4.78, 5) is 140. The molecule has 6 amide bonds. The fourth-order valence-corrected chi connectivity index (χ4v) is 15.2. The Kier molecular flexibility index (Phi) is 38.5. The Balaban J connectivity index is 0.000000218. The van der Waals surface area contributed by atoms with Gasteiger partial charge in [0.25, 0.3) is 17.7 Å². The lowest BCUT2D eigenvalue weighted by Crippen LogP contribution is -2.48. The summed E-state index contributed by atoms with van der Waals surface area (Å²) in [6, 6.07) is 63.6. The van der Waals surface area contributed by atoms with E-state index in [-0.39, 0.29) is 97.4 Å². The van der Waals surface area contributed by atoms with Crippen molar-refractivity contribution in [2.24, 2.45) is 11.3 Å². The van der Waals surface area contributed by atoms with Crippen molar-refractivity contribution in [1.82, 2.24) is 61.8 Å². The molecule has 26 nitrogen and oxygen atoms in total. The number of carbonyl (C=O) groups excluding carboxylic acids is 6. The predicted molar refractivity (Wildman–Crippen MR) is 541 cm³/mol. The minimum Gasteiger partial charge on any atom is -0.493 e. The summed E-state index contributed by atoms with van der Waals surface area (Å²) in [6.07, 6.45) is 7.06. The number of thioether (sulfide) groups is 1. The van der Waals surface area contributed by atoms with E-state index in [2.05, 4.69) is 183 Å². The topological polar surface area (TPSA) is 382 Å². The van der Waals surface area contributed by atoms with Gasteiger partial charge < -0.3 is 56.7 Å². The smallest absolute Gasteiger partial charge is 0.422 e. The number of carboxylic acids is 3. The van der Waals surface area contributed by atoms with Crippen LogP contribution in [0.3, 0.4) is 0 Å². The zero-order chi connectivity index (χ0) is 102. The monoisotopic (exact) mass is 1940 g/mol. The molecule has 0 fully saturated rings. The quantitative estimate of drug-likeness (QED) is 0.0162. The van der Waals surface area contributed by atoms with Crippen LogP contribution in [0, 0.1) is 11.3 Å². The number of nitrogens with zero attached hydrogens (tertiary/aromatic N) is 6. The molecule has 0 bridgehead atoms. The van der Waals surface area contributed by atoms with Crippen molar-refractivity contribution >= 4 is 65.1 Å². The SMILES string of the molecule is CC(C)(C)COc1ccc(-c2cnc(-c3ccc(C[C@H](NC(=O)c4ccc(C(C)(C)C)cc4)C(=O)NCCC(=O)O)cc3)nc2)cc1.CC(C)(C)c1ccc(C(=O)N[C@@H](Cc2ccc(-c3ncc(-c4ccc(OCC(F)(F)F)cc4)cn3)cc2)C(=O)NCCC(=O)O)cc1.CC(C)CCSc1ccc(-c2cnc(-c3ccc(C[C@H](NC(=O)c4ccc(C(C)(C)C)cc4)C(=O)NCCC(=O)O)cc3)nc2)cc1. The van der Waals surface area contributed by atoms with Crippen LogP contribution in [-0.4, -0.2) is 161 Å². The maximum Gasteiger partial charge on any atom is 0.422 e. The number of nitrogens with one attached hydrogen (secondary N) is 6. The van der Waals surface area contributed by atoms with E-state index >= 15 is 0 Å². The Labute approximate surface area is 825 Å². The van der Waals surface area contributed by atoms with Gasteiger partial charge in [0.15, 0.2) is 24.1 Å². The minimum atomic E-state index is -4.42. The zero-order valence-electron chi connectivity index (χ0n) is 81.8. The molecule has 9 N–H and O–H groups in total. The highest BCUT2D eigenvalue weighted by Crippen LogP contribution is 2.33. The third-order valence-corrected chi connectivity index (χ3v) is 23.4. The van der Waals surface area contributed by atoms with Crippen molar-refractivity contribution in [2.45, 2.75) is 187 Å². The molecular weight excluding hydrogens is 1810 g/mol. The third kappa shape index (κ3) is 35.5. The van der Waals surface area contributed by atoms with Gasteiger partial charge >= 0.3 is 24.1 Å². The second kappa shape index (κ2) is 50.2. The molecule has 12 rings (SSSR count). The van der Waals surface area contributed by atoms with Gasteiger partial charge in [-0.25, -0.2) is 29.9 Å². The van der Waals surface area contributed by atoms with Crippen molar-refractivity contribution in [3.8, 4) is 79.0 Å². The van der Waals surface area contributed by atoms with Crippen LogP contribution in [0.4, 0.5) is 13.2 Å². The lowest BCUT2D eigenvalue weighted by molar-refractivity contribution is -0.153. The highest BCUT2D eigenvalue weighted by molar-refractivity contribution is 7.99. The summed E-state index contributed by atoms with van der Waals surface area (Å²) in [5.41, 5.74) is 14.3. The van der Waals surface area contributed by atoms with Crippen molar-refractivity contribution < 1.29 is 81.1 Å². The number of hydrogen-bond donors (Lipinski definition) is 9. The molecule has 0 aliphatic heterocycles. The van der Waals surface area contributed by atoms with Crippen molar-refractivity contribution in [3.05, 3.63) is 306 Å². The van der Waals surface area contributed by atoms with Gasteiger partial charge in [0, 0.05) is 131 Å². The van der Waals surface area contributed by atoms with E-state index in [9.17, 15) is 56.3 Å². The molecule has 0 unspecified atom stereocenters. The Bertz CT molecular complexity index is 5900. The molecule has 0 aliphatic carbocycles. The van der Waals surface area contributed by atoms with Gasteiger partial charge in [0.1, 0.15) is 29.6 Å². The zero-order valence-corrected chi connectivity index (χ0v) is 82.6. The van der Waals surface area contributed by atoms with Crippen LogP contribution in [0.15, 0.2) is 260 Å². The molecule has 0 saturated carbocycles. The standard InChI is InChI=1S/C38H44N4O5.C38H44N4O4S.C35H35F3N4O5/c1-37(2,3)24-47-31-17-13-26(14-18-31)29-22-40-34(41-23-29)27-9-7-25(8-10-27)21-32(36(46)39-20-19-33(43)44)42-35(45)28-11-15-30(16-12-28)38(4,5)6;1-25(2)19-21-47-32-16-12-27(13-17-32)30-23-40-35(41-24-30)28-8-6-26(7-9-28)22-33(37(46)39-20-18-34(43)44)42-36(45)29-10-14-31(15-11-29)38(3,4)5;1-34(2,3)27-12-8-25(9-13-27)32(45)42-29(33(46)39-17-16-30(43)44)18-22-4-6-24(7-5-22)31-40-19-26(20-41-31)23-10-14-28(15-11-23)47-21-35(36,37)38/h7-18,22-23,32H,19-21,24H2,1-6H3,(H,39,46)(H,42,45)(H,43,44);6-17,23-25,33H,18-22H2,1-5H3,(H,39,46)(H,42,45)(H,43,44);4-15,19-20,29H,16-18,21H2,1-3H3,(H,39,46)(H,42,45)(H,43,44)/t32-;33-;29-/m000/s1. The maximum absolute atomic E-state index is 13.1. The van der Waals surface area contributed by atoms with Gasteiger partial charge in [-0.15, -0.1) is 11.8 Å². The van der Waals surface area contributed by atoms with Crippen LogP contribution in [0.25, 0.3) is 67.5 Å². The first-order chi connectivity index (χ1) is 66.7. The molecule has 0 spiro atoms. The molecule has 0 radical (unpaired) electrons. The number of amides is 6. The van der Waals surface area contributed by atoms with E-state index in [1.54, 1.807) is 97.6 Å². The summed E-state index contributed by atoms with van der Waals surface area (Å²) in [5.74, 6) is -1.41. The van der Waals surface area contributed by atoms with E-state index in [0.717, 1.165) is 78.3 Å². The fraction of sp³-hybridized carbons (Fsp3) is 0.324. The summed E-state index contributed by atoms with van der Waals surface area (Å²) in [7, 11) is 0. The number of halogens is 3. The molecule has 3 heterocycles. The molecule has 141 heavy (non-hydrogen) atoms. The number of rotatable bonds is 38. The van der Waals surface area contributed by atoms with Gasteiger partial charge in [0.05, 0.1) is 25.9 Å². The molecule has 738 valence electrons. The van der Waals surface area contributed by atoms with Gasteiger partial charge in [-0.3, -0.25) is 43.2 Å². The molecular formula is C111H123F3N12O14S. The Morgan fingerprint density at radius 3 is 0.830 bits per heavy atom.